The van der Waals surface area contributed by atoms with Crippen LogP contribution >= 0.6 is 0 Å². The summed E-state index contributed by atoms with van der Waals surface area (Å²) in [6.45, 7) is 4.58. The van der Waals surface area contributed by atoms with Gasteiger partial charge in [0.15, 0.2) is 0 Å². The highest BCUT2D eigenvalue weighted by atomic mass is 15.6. The molecule has 1 unspecified atom stereocenters. The lowest BCUT2D eigenvalue weighted by Crippen LogP contribution is -2.31. The maximum atomic E-state index is 4.54. The van der Waals surface area contributed by atoms with Gasteiger partial charge in [0, 0.05) is 29.3 Å². The van der Waals surface area contributed by atoms with Crippen LogP contribution in [0, 0.1) is 0 Å². The van der Waals surface area contributed by atoms with Gasteiger partial charge < -0.3 is 15.5 Å². The molecule has 1 fully saturated rings. The van der Waals surface area contributed by atoms with E-state index in [1.54, 1.807) is 13.4 Å². The Morgan fingerprint density at radius 3 is 2.93 bits per heavy atom. The molecule has 3 aliphatic rings. The number of likely N-dealkylation sites (tertiary alicyclic amines) is 1. The van der Waals surface area contributed by atoms with Crippen molar-refractivity contribution in [3.63, 3.8) is 0 Å². The van der Waals surface area contributed by atoms with Gasteiger partial charge in [0.25, 0.3) is 0 Å². The van der Waals surface area contributed by atoms with Gasteiger partial charge in [0.05, 0.1) is 7.05 Å². The second-order valence-electron chi connectivity index (χ2n) is 7.94. The molecule has 4 heterocycles. The third kappa shape index (κ3) is 3.74. The lowest BCUT2D eigenvalue weighted by Gasteiger charge is -2.26. The van der Waals surface area contributed by atoms with E-state index in [1.807, 2.05) is 0 Å². The molecule has 29 heavy (non-hydrogen) atoms. The summed E-state index contributed by atoms with van der Waals surface area (Å²) >= 11 is 0. The summed E-state index contributed by atoms with van der Waals surface area (Å²) in [6, 6.07) is 0. The summed E-state index contributed by atoms with van der Waals surface area (Å²) in [5, 5.41) is 19.4. The van der Waals surface area contributed by atoms with E-state index in [0.29, 0.717) is 5.82 Å². The zero-order valence-corrected chi connectivity index (χ0v) is 16.8. The molecule has 0 aromatic carbocycles. The molecule has 9 nitrogen and oxygen atoms in total. The first-order valence-corrected chi connectivity index (χ1v) is 10.5. The van der Waals surface area contributed by atoms with Crippen molar-refractivity contribution in [3.05, 3.63) is 35.6 Å². The maximum Gasteiger partial charge on any atom is 0.204 e. The molecular weight excluding hydrogens is 366 g/mol. The van der Waals surface area contributed by atoms with Crippen molar-refractivity contribution in [2.45, 2.75) is 38.0 Å². The summed E-state index contributed by atoms with van der Waals surface area (Å²) < 4.78 is 0. The Morgan fingerprint density at radius 1 is 1.21 bits per heavy atom. The standard InChI is InChI=1S/C20H27N9/c1-28-26-18(25-27-28)14-6-7-15-16(12-14)24-20-17(15)19(22-13-23-20)21-8-5-11-29-9-3-2-4-10-29/h6,12-13,15H,2-5,7-11H2,1H3,(H2,21,22,23,24). The first-order chi connectivity index (χ1) is 14.3. The Morgan fingerprint density at radius 2 is 2.10 bits per heavy atom. The van der Waals surface area contributed by atoms with Crippen molar-refractivity contribution in [3.8, 4) is 0 Å². The van der Waals surface area contributed by atoms with E-state index in [4.69, 9.17) is 0 Å². The van der Waals surface area contributed by atoms with Gasteiger partial charge in [-0.2, -0.15) is 4.80 Å². The van der Waals surface area contributed by atoms with Crippen molar-refractivity contribution in [1.29, 1.82) is 0 Å². The summed E-state index contributed by atoms with van der Waals surface area (Å²) in [7, 11) is 1.78. The zero-order chi connectivity index (χ0) is 19.6. The molecule has 152 valence electrons. The molecule has 0 amide bonds. The molecule has 2 aliphatic heterocycles. The minimum atomic E-state index is 0.246. The number of allylic oxidation sites excluding steroid dienone is 4. The SMILES string of the molecule is Cn1nnc(C2=CCC3C(=C2)Nc2ncnc(NCCCN4CCCCC4)c23)n1. The first-order valence-electron chi connectivity index (χ1n) is 10.5. The van der Waals surface area contributed by atoms with Gasteiger partial charge in [0.1, 0.15) is 18.0 Å². The number of aryl methyl sites for hydroxylation is 1. The van der Waals surface area contributed by atoms with Gasteiger partial charge in [-0.15, -0.1) is 10.2 Å². The fourth-order valence-corrected chi connectivity index (χ4v) is 4.45. The Labute approximate surface area is 170 Å². The van der Waals surface area contributed by atoms with Crippen LogP contribution in [0.15, 0.2) is 24.2 Å². The molecule has 1 aliphatic carbocycles. The smallest absolute Gasteiger partial charge is 0.204 e. The first kappa shape index (κ1) is 18.2. The van der Waals surface area contributed by atoms with Crippen molar-refractivity contribution in [2.75, 3.05) is 36.8 Å². The zero-order valence-electron chi connectivity index (χ0n) is 16.8. The number of fused-ring (bicyclic) bond motifs is 3. The van der Waals surface area contributed by atoms with Crippen LogP contribution in [0.5, 0.6) is 0 Å². The second-order valence-corrected chi connectivity index (χ2v) is 7.94. The molecule has 2 aromatic heterocycles. The Hall–Kier alpha value is -2.81. The van der Waals surface area contributed by atoms with Crippen LogP contribution in [-0.2, 0) is 7.05 Å². The average molecular weight is 393 g/mol. The number of aromatic nitrogens is 6. The lowest BCUT2D eigenvalue weighted by atomic mass is 9.90. The lowest BCUT2D eigenvalue weighted by molar-refractivity contribution is 0.228. The van der Waals surface area contributed by atoms with Gasteiger partial charge in [-0.05, 0) is 56.6 Å². The molecule has 0 bridgehead atoms. The Bertz CT molecular complexity index is 939. The van der Waals surface area contributed by atoms with Crippen LogP contribution in [0.2, 0.25) is 0 Å². The third-order valence-electron chi connectivity index (χ3n) is 5.91. The van der Waals surface area contributed by atoms with E-state index in [2.05, 4.69) is 53.1 Å². The van der Waals surface area contributed by atoms with E-state index in [1.165, 1.54) is 42.7 Å². The van der Waals surface area contributed by atoms with E-state index in [9.17, 15) is 0 Å². The number of hydrogen-bond acceptors (Lipinski definition) is 8. The largest absolute Gasteiger partial charge is 0.370 e. The molecule has 0 spiro atoms. The highest BCUT2D eigenvalue weighted by Gasteiger charge is 2.33. The summed E-state index contributed by atoms with van der Waals surface area (Å²) in [4.78, 5) is 13.1. The number of tetrazole rings is 1. The normalized spacial score (nSPS) is 21.1. The molecule has 2 N–H and O–H groups in total. The highest BCUT2D eigenvalue weighted by molar-refractivity contribution is 5.78. The second kappa shape index (κ2) is 7.90. The Balaban J connectivity index is 1.25. The maximum absolute atomic E-state index is 4.54. The number of nitrogens with one attached hydrogen (secondary N) is 2. The molecular formula is C20H27N9. The summed E-state index contributed by atoms with van der Waals surface area (Å²) in [5.74, 6) is 2.75. The molecule has 5 rings (SSSR count). The predicted octanol–water partition coefficient (Wildman–Crippen LogP) is 2.17. The van der Waals surface area contributed by atoms with Crippen molar-refractivity contribution in [1.82, 2.24) is 35.1 Å². The number of piperidine rings is 1. The molecule has 0 saturated carbocycles. The third-order valence-corrected chi connectivity index (χ3v) is 5.91. The molecule has 1 saturated heterocycles. The van der Waals surface area contributed by atoms with Crippen LogP contribution in [0.3, 0.4) is 0 Å². The number of hydrogen-bond donors (Lipinski definition) is 2. The summed E-state index contributed by atoms with van der Waals surface area (Å²) in [6.07, 6.45) is 12.0. The molecule has 0 radical (unpaired) electrons. The van der Waals surface area contributed by atoms with Crippen LogP contribution in [-0.4, -0.2) is 61.3 Å². The fraction of sp³-hybridized carbons (Fsp3) is 0.550. The van der Waals surface area contributed by atoms with E-state index in [0.717, 1.165) is 48.8 Å². The summed E-state index contributed by atoms with van der Waals surface area (Å²) in [5.41, 5.74) is 3.29. The van der Waals surface area contributed by atoms with Gasteiger partial charge in [-0.3, -0.25) is 0 Å². The monoisotopic (exact) mass is 393 g/mol. The van der Waals surface area contributed by atoms with Gasteiger partial charge in [-0.1, -0.05) is 12.5 Å². The molecule has 1 atom stereocenters. The number of rotatable bonds is 6. The minimum absolute atomic E-state index is 0.246. The Kier molecular flexibility index (Phi) is 4.97. The van der Waals surface area contributed by atoms with Gasteiger partial charge in [0.2, 0.25) is 5.82 Å². The topological polar surface area (TPSA) is 96.7 Å². The minimum Gasteiger partial charge on any atom is -0.370 e. The van der Waals surface area contributed by atoms with Crippen LogP contribution in [0.1, 0.15) is 49.4 Å². The molecule has 9 heteroatoms. The highest BCUT2D eigenvalue weighted by Crippen LogP contribution is 2.45. The molecule has 2 aromatic rings. The van der Waals surface area contributed by atoms with E-state index >= 15 is 0 Å². The van der Waals surface area contributed by atoms with Crippen molar-refractivity contribution in [2.24, 2.45) is 7.05 Å². The predicted molar refractivity (Wildman–Crippen MR) is 111 cm³/mol. The van der Waals surface area contributed by atoms with Crippen molar-refractivity contribution < 1.29 is 0 Å². The van der Waals surface area contributed by atoms with Crippen molar-refractivity contribution >= 4 is 17.2 Å². The average Bonchev–Trinajstić information content (AvgIpc) is 3.35. The van der Waals surface area contributed by atoms with Gasteiger partial charge >= 0.3 is 0 Å². The number of nitrogens with zero attached hydrogens (tertiary/aromatic N) is 7. The number of anilines is 2. The van der Waals surface area contributed by atoms with E-state index < -0.39 is 0 Å². The van der Waals surface area contributed by atoms with Crippen LogP contribution in [0.25, 0.3) is 5.57 Å². The van der Waals surface area contributed by atoms with Gasteiger partial charge in [-0.25, -0.2) is 9.97 Å². The van der Waals surface area contributed by atoms with Crippen LogP contribution < -0.4 is 10.6 Å². The van der Waals surface area contributed by atoms with Crippen LogP contribution in [0.4, 0.5) is 11.6 Å². The quantitative estimate of drug-likeness (QED) is 0.721. The fourth-order valence-electron chi connectivity index (χ4n) is 4.45. The van der Waals surface area contributed by atoms with E-state index in [-0.39, 0.29) is 5.92 Å².